The van der Waals surface area contributed by atoms with Crippen molar-refractivity contribution in [3.05, 3.63) is 69.3 Å². The number of carbonyl (C=O) groups is 1. The van der Waals surface area contributed by atoms with E-state index < -0.39 is 5.82 Å². The summed E-state index contributed by atoms with van der Waals surface area (Å²) in [5.74, 6) is 0.248. The lowest BCUT2D eigenvalue weighted by molar-refractivity contribution is -0.127. The Kier molecular flexibility index (Phi) is 5.62. The van der Waals surface area contributed by atoms with Crippen molar-refractivity contribution in [2.75, 3.05) is 38.0 Å². The SMILES string of the molecule is C=CC(=O)N1CCN(C2=c3cc(Cl)c(=C4C=C(OC)Cc5cnn(C)c54)c(F)c3NS2)CC1. The van der Waals surface area contributed by atoms with Crippen LogP contribution in [0, 0.1) is 5.82 Å². The predicted molar refractivity (Wildman–Crippen MR) is 128 cm³/mol. The number of benzene rings is 1. The van der Waals surface area contributed by atoms with E-state index >= 15 is 4.39 Å². The lowest BCUT2D eigenvalue weighted by Gasteiger charge is -2.35. The van der Waals surface area contributed by atoms with Crippen LogP contribution >= 0.6 is 23.5 Å². The second-order valence-corrected chi connectivity index (χ2v) is 9.25. The van der Waals surface area contributed by atoms with Crippen molar-refractivity contribution in [1.82, 2.24) is 19.6 Å². The Labute approximate surface area is 200 Å². The summed E-state index contributed by atoms with van der Waals surface area (Å²) < 4.78 is 26.3. The molecule has 1 aliphatic carbocycles. The van der Waals surface area contributed by atoms with Crippen LogP contribution in [0.5, 0.6) is 0 Å². The standard InChI is InChI=1S/C23H23ClFN5O2S/c1-4-18(31)29-5-7-30(8-6-29)23-16-11-17(24)19(20(25)21(16)27-33-23)15-10-14(32-3)9-13-12-26-28(2)22(13)15/h4,10-12,27H,1,5-9H2,2-3H3. The second kappa shape index (κ2) is 8.46. The van der Waals surface area contributed by atoms with Crippen molar-refractivity contribution in [2.45, 2.75) is 6.42 Å². The quantitative estimate of drug-likeness (QED) is 0.527. The van der Waals surface area contributed by atoms with Crippen LogP contribution in [0.25, 0.3) is 10.6 Å². The van der Waals surface area contributed by atoms with E-state index in [9.17, 15) is 4.79 Å². The van der Waals surface area contributed by atoms with Crippen molar-refractivity contribution < 1.29 is 13.9 Å². The first kappa shape index (κ1) is 21.9. The molecule has 1 N–H and O–H groups in total. The third-order valence-electron chi connectivity index (χ3n) is 6.22. The maximum Gasteiger partial charge on any atom is 0.246 e. The molecule has 3 aliphatic rings. The second-order valence-electron chi connectivity index (χ2n) is 8.04. The number of rotatable bonds is 3. The number of anilines is 1. The number of ether oxygens (including phenoxy) is 1. The number of nitrogens with zero attached hydrogens (tertiary/aromatic N) is 4. The van der Waals surface area contributed by atoms with Gasteiger partial charge in [-0.05, 0) is 18.2 Å². The van der Waals surface area contributed by atoms with Gasteiger partial charge in [0.1, 0.15) is 10.8 Å². The summed E-state index contributed by atoms with van der Waals surface area (Å²) in [6, 6.07) is 1.82. The van der Waals surface area contributed by atoms with Crippen LogP contribution in [-0.4, -0.2) is 58.8 Å². The molecule has 33 heavy (non-hydrogen) atoms. The largest absolute Gasteiger partial charge is 0.501 e. The molecule has 5 rings (SSSR count). The molecule has 10 heteroatoms. The number of hydrogen-bond donors (Lipinski definition) is 1. The van der Waals surface area contributed by atoms with E-state index in [-0.39, 0.29) is 5.91 Å². The first-order valence-corrected chi connectivity index (χ1v) is 11.7. The van der Waals surface area contributed by atoms with E-state index in [1.165, 1.54) is 18.0 Å². The summed E-state index contributed by atoms with van der Waals surface area (Å²) in [6.45, 7) is 6.03. The normalized spacial score (nSPS) is 19.0. The zero-order valence-corrected chi connectivity index (χ0v) is 19.9. The molecule has 1 aromatic carbocycles. The van der Waals surface area contributed by atoms with Crippen LogP contribution in [0.4, 0.5) is 10.1 Å². The fourth-order valence-corrected chi connectivity index (χ4v) is 5.81. The van der Waals surface area contributed by atoms with E-state index in [1.807, 2.05) is 19.2 Å². The summed E-state index contributed by atoms with van der Waals surface area (Å²) in [4.78, 5) is 15.8. The topological polar surface area (TPSA) is 62.6 Å². The van der Waals surface area contributed by atoms with Crippen LogP contribution in [0.15, 0.2) is 36.8 Å². The lowest BCUT2D eigenvalue weighted by Crippen LogP contribution is -2.47. The zero-order chi connectivity index (χ0) is 23.3. The number of methoxy groups -OCH3 is 1. The number of piperazine rings is 1. The highest BCUT2D eigenvalue weighted by Gasteiger charge is 2.29. The van der Waals surface area contributed by atoms with Gasteiger partial charge in [-0.2, -0.15) is 5.10 Å². The molecule has 0 atom stereocenters. The minimum atomic E-state index is -0.406. The van der Waals surface area contributed by atoms with E-state index in [0.29, 0.717) is 54.1 Å². The fraction of sp³-hybridized carbons (Fsp3) is 0.304. The van der Waals surface area contributed by atoms with E-state index in [0.717, 1.165) is 27.3 Å². The van der Waals surface area contributed by atoms with Crippen molar-refractivity contribution in [3.63, 3.8) is 0 Å². The molecule has 1 saturated heterocycles. The summed E-state index contributed by atoms with van der Waals surface area (Å²) >= 11 is 8.09. The van der Waals surface area contributed by atoms with Crippen molar-refractivity contribution in [3.8, 4) is 0 Å². The van der Waals surface area contributed by atoms with Gasteiger partial charge in [-0.3, -0.25) is 9.48 Å². The highest BCUT2D eigenvalue weighted by molar-refractivity contribution is 8.09. The molecule has 1 aromatic heterocycles. The van der Waals surface area contributed by atoms with Gasteiger partial charge in [-0.15, -0.1) is 0 Å². The molecule has 172 valence electrons. The number of nitrogens with one attached hydrogen (secondary N) is 1. The van der Waals surface area contributed by atoms with Gasteiger partial charge in [0.05, 0.1) is 29.7 Å². The Morgan fingerprint density at radius 2 is 2.12 bits per heavy atom. The van der Waals surface area contributed by atoms with Gasteiger partial charge in [0.25, 0.3) is 0 Å². The van der Waals surface area contributed by atoms with Crippen molar-refractivity contribution in [1.29, 1.82) is 0 Å². The number of amides is 1. The number of aryl methyl sites for hydroxylation is 1. The zero-order valence-electron chi connectivity index (χ0n) is 18.3. The highest BCUT2D eigenvalue weighted by atomic mass is 35.5. The minimum absolute atomic E-state index is 0.0708. The summed E-state index contributed by atoms with van der Waals surface area (Å²) in [7, 11) is 3.44. The molecule has 0 saturated carbocycles. The molecule has 7 nitrogen and oxygen atoms in total. The number of hydrogen-bond acceptors (Lipinski definition) is 6. The van der Waals surface area contributed by atoms with Gasteiger partial charge in [0.15, 0.2) is 5.82 Å². The van der Waals surface area contributed by atoms with Gasteiger partial charge in [0, 0.05) is 73.2 Å². The summed E-state index contributed by atoms with van der Waals surface area (Å²) in [6.07, 6.45) is 5.54. The van der Waals surface area contributed by atoms with Crippen LogP contribution in [0.3, 0.4) is 0 Å². The molecule has 2 aromatic rings. The van der Waals surface area contributed by atoms with Crippen LogP contribution in [0.1, 0.15) is 11.3 Å². The predicted octanol–water partition coefficient (Wildman–Crippen LogP) is 1.97. The average molecular weight is 488 g/mol. The molecule has 3 heterocycles. The molecule has 0 radical (unpaired) electrons. The Bertz CT molecular complexity index is 1330. The third kappa shape index (κ3) is 3.59. The van der Waals surface area contributed by atoms with Gasteiger partial charge >= 0.3 is 0 Å². The Hall–Kier alpha value is -2.91. The van der Waals surface area contributed by atoms with E-state index in [2.05, 4.69) is 21.3 Å². The first-order chi connectivity index (χ1) is 15.9. The number of halogens is 2. The van der Waals surface area contributed by atoms with Crippen LogP contribution in [0.2, 0.25) is 5.02 Å². The molecular weight excluding hydrogens is 465 g/mol. The minimum Gasteiger partial charge on any atom is -0.501 e. The highest BCUT2D eigenvalue weighted by Crippen LogP contribution is 2.33. The third-order valence-corrected chi connectivity index (χ3v) is 7.50. The molecule has 0 unspecified atom stereocenters. The molecular formula is C23H23ClFN5O2S. The molecule has 2 aliphatic heterocycles. The lowest BCUT2D eigenvalue weighted by atomic mass is 9.95. The van der Waals surface area contributed by atoms with Crippen LogP contribution < -0.4 is 15.2 Å². The number of carbonyl (C=O) groups excluding carboxylic acids is 1. The van der Waals surface area contributed by atoms with Gasteiger partial charge in [-0.1, -0.05) is 18.2 Å². The first-order valence-electron chi connectivity index (χ1n) is 10.5. The molecule has 1 amide bonds. The molecule has 0 bridgehead atoms. The van der Waals surface area contributed by atoms with E-state index in [4.69, 9.17) is 16.3 Å². The monoisotopic (exact) mass is 487 g/mol. The van der Waals surface area contributed by atoms with Crippen molar-refractivity contribution >= 4 is 45.7 Å². The smallest absolute Gasteiger partial charge is 0.246 e. The van der Waals surface area contributed by atoms with E-state index in [1.54, 1.807) is 22.9 Å². The Balaban J connectivity index is 1.63. The number of allylic oxidation sites excluding steroid dienone is 2. The number of aromatic nitrogens is 2. The molecule has 0 spiro atoms. The molecule has 1 fully saturated rings. The Morgan fingerprint density at radius 1 is 1.36 bits per heavy atom. The summed E-state index contributed by atoms with van der Waals surface area (Å²) in [5.41, 5.74) is 2.85. The number of fused-ring (bicyclic) bond motifs is 2. The van der Waals surface area contributed by atoms with Crippen LogP contribution in [-0.2, 0) is 23.0 Å². The maximum atomic E-state index is 16.0. The van der Waals surface area contributed by atoms with Crippen molar-refractivity contribution in [2.24, 2.45) is 7.05 Å². The van der Waals surface area contributed by atoms with Gasteiger partial charge in [-0.25, -0.2) is 4.39 Å². The summed E-state index contributed by atoms with van der Waals surface area (Å²) in [5, 5.41) is 6.63. The van der Waals surface area contributed by atoms with Gasteiger partial charge in [0.2, 0.25) is 5.91 Å². The fourth-order valence-electron chi connectivity index (χ4n) is 4.53. The van der Waals surface area contributed by atoms with Gasteiger partial charge < -0.3 is 19.3 Å². The average Bonchev–Trinajstić information content (AvgIpc) is 3.42. The maximum absolute atomic E-state index is 16.0. The Morgan fingerprint density at radius 3 is 2.82 bits per heavy atom.